The summed E-state index contributed by atoms with van der Waals surface area (Å²) >= 11 is 0. The van der Waals surface area contributed by atoms with Crippen molar-refractivity contribution in [3.8, 4) is 0 Å². The smallest absolute Gasteiger partial charge is 0.243 e. The fourth-order valence-electron chi connectivity index (χ4n) is 2.47. The minimum atomic E-state index is -3.42. The van der Waals surface area contributed by atoms with Crippen molar-refractivity contribution < 1.29 is 13.2 Å². The largest absolute Gasteiger partial charge is 0.361 e. The van der Waals surface area contributed by atoms with Gasteiger partial charge in [0.15, 0.2) is 5.82 Å². The van der Waals surface area contributed by atoms with Gasteiger partial charge in [0.05, 0.1) is 12.5 Å². The van der Waals surface area contributed by atoms with Gasteiger partial charge < -0.3 is 10.3 Å². The van der Waals surface area contributed by atoms with Crippen molar-refractivity contribution in [2.45, 2.75) is 13.0 Å². The lowest BCUT2D eigenvalue weighted by atomic mass is 10.1. The quantitative estimate of drug-likeness (QED) is 0.565. The van der Waals surface area contributed by atoms with Crippen molar-refractivity contribution in [1.82, 2.24) is 25.3 Å². The third kappa shape index (κ3) is 4.57. The van der Waals surface area contributed by atoms with Crippen molar-refractivity contribution in [3.05, 3.63) is 42.2 Å². The highest BCUT2D eigenvalue weighted by Crippen LogP contribution is 2.17. The average molecular weight is 362 g/mol. The van der Waals surface area contributed by atoms with Crippen molar-refractivity contribution in [3.63, 3.8) is 0 Å². The van der Waals surface area contributed by atoms with Gasteiger partial charge in [-0.1, -0.05) is 18.2 Å². The molecule has 10 heteroatoms. The number of benzene rings is 1. The average Bonchev–Trinajstić information content (AvgIpc) is 3.13. The second kappa shape index (κ2) is 6.93. The van der Waals surface area contributed by atoms with Crippen LogP contribution in [0.4, 0.5) is 5.82 Å². The van der Waals surface area contributed by atoms with Crippen LogP contribution in [0.5, 0.6) is 0 Å². The minimum Gasteiger partial charge on any atom is -0.361 e. The maximum absolute atomic E-state index is 11.9. The first kappa shape index (κ1) is 17.0. The Kier molecular flexibility index (Phi) is 4.70. The van der Waals surface area contributed by atoms with Crippen molar-refractivity contribution >= 4 is 32.7 Å². The summed E-state index contributed by atoms with van der Waals surface area (Å²) in [5, 5.41) is 11.7. The fourth-order valence-corrected chi connectivity index (χ4v) is 2.94. The van der Waals surface area contributed by atoms with Crippen molar-refractivity contribution in [2.24, 2.45) is 0 Å². The third-order valence-corrected chi connectivity index (χ3v) is 4.08. The lowest BCUT2D eigenvalue weighted by Gasteiger charge is -2.04. The van der Waals surface area contributed by atoms with Crippen LogP contribution in [-0.2, 0) is 27.8 Å². The van der Waals surface area contributed by atoms with Crippen LogP contribution in [0.15, 0.2) is 36.7 Å². The van der Waals surface area contributed by atoms with Crippen molar-refractivity contribution in [2.75, 3.05) is 17.5 Å². The zero-order valence-corrected chi connectivity index (χ0v) is 14.4. The van der Waals surface area contributed by atoms with Gasteiger partial charge in [-0.05, 0) is 18.1 Å². The Hall–Kier alpha value is -2.88. The number of fused-ring (bicyclic) bond motifs is 1. The first-order valence-corrected chi connectivity index (χ1v) is 9.49. The molecule has 25 heavy (non-hydrogen) atoms. The third-order valence-electron chi connectivity index (χ3n) is 3.50. The molecule has 0 radical (unpaired) electrons. The number of nitrogens with one attached hydrogen (secondary N) is 3. The number of nitrogens with zero attached hydrogens (tertiary/aromatic N) is 3. The van der Waals surface area contributed by atoms with Crippen LogP contribution in [0.1, 0.15) is 5.56 Å². The number of sulfonamides is 1. The van der Waals surface area contributed by atoms with Gasteiger partial charge >= 0.3 is 0 Å². The van der Waals surface area contributed by atoms with Gasteiger partial charge in [-0.3, -0.25) is 9.52 Å². The van der Waals surface area contributed by atoms with E-state index in [2.05, 4.69) is 25.2 Å². The topological polar surface area (TPSA) is 122 Å². The lowest BCUT2D eigenvalue weighted by Crippen LogP contribution is -2.30. The van der Waals surface area contributed by atoms with E-state index in [1.54, 1.807) is 0 Å². The van der Waals surface area contributed by atoms with Gasteiger partial charge in [-0.15, -0.1) is 5.10 Å². The van der Waals surface area contributed by atoms with E-state index in [-0.39, 0.29) is 18.3 Å². The maximum atomic E-state index is 11.9. The number of H-pyrrole nitrogens is 1. The van der Waals surface area contributed by atoms with Crippen LogP contribution in [0, 0.1) is 0 Å². The highest BCUT2D eigenvalue weighted by atomic mass is 32.2. The standard InChI is InChI=1S/C15H18N6O3S/c1-25(23,24)20-14-9-18-21(19-14)10-15(22)16-7-6-11-8-17-13-5-3-2-4-12(11)13/h2-5,8-9,17H,6-7,10H2,1H3,(H,16,22)(H,19,20). The number of aromatic amines is 1. The number of hydrogen-bond donors (Lipinski definition) is 3. The Balaban J connectivity index is 1.50. The predicted octanol–water partition coefficient (Wildman–Crippen LogP) is 0.490. The van der Waals surface area contributed by atoms with E-state index in [0.717, 1.165) is 27.5 Å². The fraction of sp³-hybridized carbons (Fsp3) is 0.267. The zero-order valence-electron chi connectivity index (χ0n) is 13.6. The molecule has 0 saturated heterocycles. The Morgan fingerprint density at radius 1 is 1.32 bits per heavy atom. The minimum absolute atomic E-state index is 0.0779. The van der Waals surface area contributed by atoms with E-state index >= 15 is 0 Å². The second-order valence-corrected chi connectivity index (χ2v) is 7.34. The molecule has 0 saturated carbocycles. The molecule has 0 fully saturated rings. The number of rotatable bonds is 7. The summed E-state index contributed by atoms with van der Waals surface area (Å²) in [6.07, 6.45) is 4.90. The molecular weight excluding hydrogens is 344 g/mol. The van der Waals surface area contributed by atoms with Gasteiger partial charge in [-0.25, -0.2) is 8.42 Å². The summed E-state index contributed by atoms with van der Waals surface area (Å²) in [6, 6.07) is 7.98. The summed E-state index contributed by atoms with van der Waals surface area (Å²) in [5.74, 6) is -0.171. The van der Waals surface area contributed by atoms with Crippen LogP contribution < -0.4 is 10.0 Å². The first-order valence-electron chi connectivity index (χ1n) is 7.60. The summed E-state index contributed by atoms with van der Waals surface area (Å²) in [7, 11) is -3.42. The number of para-hydroxylation sites is 1. The SMILES string of the molecule is CS(=O)(=O)Nc1cnn(CC(=O)NCCc2c[nH]c3ccccc23)n1. The van der Waals surface area contributed by atoms with E-state index in [4.69, 9.17) is 0 Å². The molecule has 0 spiro atoms. The highest BCUT2D eigenvalue weighted by molar-refractivity contribution is 7.92. The number of carbonyl (C=O) groups is 1. The summed E-state index contributed by atoms with van der Waals surface area (Å²) < 4.78 is 24.4. The summed E-state index contributed by atoms with van der Waals surface area (Å²) in [4.78, 5) is 16.3. The Morgan fingerprint density at radius 2 is 2.12 bits per heavy atom. The molecule has 1 amide bonds. The normalized spacial score (nSPS) is 11.6. The van der Waals surface area contributed by atoms with E-state index in [1.807, 2.05) is 30.5 Å². The molecule has 2 heterocycles. The molecule has 2 aromatic heterocycles. The van der Waals surface area contributed by atoms with Crippen LogP contribution >= 0.6 is 0 Å². The summed E-state index contributed by atoms with van der Waals surface area (Å²) in [5.41, 5.74) is 2.20. The number of aromatic nitrogens is 4. The molecule has 0 aliphatic rings. The number of amides is 1. The molecule has 0 aliphatic heterocycles. The van der Waals surface area contributed by atoms with Crippen LogP contribution in [-0.4, -0.2) is 47.1 Å². The molecular formula is C15H18N6O3S. The second-order valence-electron chi connectivity index (χ2n) is 5.59. The van der Waals surface area contributed by atoms with E-state index in [0.29, 0.717) is 13.0 Å². The molecule has 3 rings (SSSR count). The van der Waals surface area contributed by atoms with E-state index in [9.17, 15) is 13.2 Å². The Morgan fingerprint density at radius 3 is 2.92 bits per heavy atom. The van der Waals surface area contributed by atoms with Crippen LogP contribution in [0.2, 0.25) is 0 Å². The van der Waals surface area contributed by atoms with Gasteiger partial charge in [0.2, 0.25) is 15.9 Å². The first-order chi connectivity index (χ1) is 11.9. The van der Waals surface area contributed by atoms with Gasteiger partial charge in [-0.2, -0.15) is 9.90 Å². The van der Waals surface area contributed by atoms with E-state index < -0.39 is 10.0 Å². The van der Waals surface area contributed by atoms with Gasteiger partial charge in [0.25, 0.3) is 0 Å². The Labute approximate surface area is 144 Å². The molecule has 0 atom stereocenters. The lowest BCUT2D eigenvalue weighted by molar-refractivity contribution is -0.122. The molecule has 3 aromatic rings. The molecule has 132 valence electrons. The molecule has 0 unspecified atom stereocenters. The van der Waals surface area contributed by atoms with E-state index in [1.165, 1.54) is 6.20 Å². The summed E-state index contributed by atoms with van der Waals surface area (Å²) in [6.45, 7) is 0.399. The van der Waals surface area contributed by atoms with Gasteiger partial charge in [0.1, 0.15) is 6.54 Å². The predicted molar refractivity (Wildman–Crippen MR) is 93.5 cm³/mol. The van der Waals surface area contributed by atoms with Crippen LogP contribution in [0.3, 0.4) is 0 Å². The Bertz CT molecular complexity index is 992. The maximum Gasteiger partial charge on any atom is 0.243 e. The molecule has 0 bridgehead atoms. The van der Waals surface area contributed by atoms with Crippen LogP contribution in [0.25, 0.3) is 10.9 Å². The zero-order chi connectivity index (χ0) is 17.9. The number of anilines is 1. The molecule has 0 aliphatic carbocycles. The molecule has 9 nitrogen and oxygen atoms in total. The number of hydrogen-bond acceptors (Lipinski definition) is 5. The molecule has 1 aromatic carbocycles. The molecule has 3 N–H and O–H groups in total. The highest BCUT2D eigenvalue weighted by Gasteiger charge is 2.09. The monoisotopic (exact) mass is 362 g/mol. The number of carbonyl (C=O) groups excluding carboxylic acids is 1. The van der Waals surface area contributed by atoms with Crippen molar-refractivity contribution in [1.29, 1.82) is 0 Å². The van der Waals surface area contributed by atoms with Gasteiger partial charge in [0, 0.05) is 23.6 Å².